The maximum Gasteiger partial charge on any atom is 0.341 e. The van der Waals surface area contributed by atoms with Crippen LogP contribution in [-0.2, 0) is 32.4 Å². The summed E-state index contributed by atoms with van der Waals surface area (Å²) in [6.45, 7) is 5.29. The molecule has 0 unspecified atom stereocenters. The number of ether oxygens (including phenoxy) is 1. The summed E-state index contributed by atoms with van der Waals surface area (Å²) < 4.78 is 33.7. The molecule has 0 radical (unpaired) electrons. The van der Waals surface area contributed by atoms with Crippen molar-refractivity contribution >= 4 is 55.5 Å². The van der Waals surface area contributed by atoms with E-state index in [1.807, 2.05) is 19.9 Å². The van der Waals surface area contributed by atoms with Crippen molar-refractivity contribution in [2.75, 3.05) is 22.8 Å². The van der Waals surface area contributed by atoms with Crippen LogP contribution in [0.25, 0.3) is 0 Å². The highest BCUT2D eigenvalue weighted by Crippen LogP contribution is 2.39. The highest BCUT2D eigenvalue weighted by atomic mass is 35.5. The highest BCUT2D eigenvalue weighted by molar-refractivity contribution is 7.92. The number of amides is 1. The number of carbonyl (C=O) groups is 2. The quantitative estimate of drug-likeness (QED) is 0.346. The lowest BCUT2D eigenvalue weighted by Crippen LogP contribution is -2.38. The first-order valence-electron chi connectivity index (χ1n) is 12.1. The van der Waals surface area contributed by atoms with E-state index in [-0.39, 0.29) is 11.5 Å². The van der Waals surface area contributed by atoms with Gasteiger partial charge in [-0.3, -0.25) is 9.10 Å². The summed E-state index contributed by atoms with van der Waals surface area (Å²) in [4.78, 5) is 27.2. The standard InChI is InChI=1S/C27H29ClN2O5S2/c1-4-35-27(32)25-22-7-5-6-8-23(22)36-26(25)29-24(31)16-30(20-12-9-17(2)18(3)15-20)37(33,34)21-13-10-19(28)11-14-21/h9-15H,4-8,16H2,1-3H3,(H,29,31). The second-order valence-corrected chi connectivity index (χ2v) is 12.3. The number of fused-ring (bicyclic) bond motifs is 1. The molecule has 1 heterocycles. The van der Waals surface area contributed by atoms with Gasteiger partial charge in [-0.05, 0) is 99.5 Å². The van der Waals surface area contributed by atoms with Gasteiger partial charge in [0.1, 0.15) is 11.5 Å². The molecule has 0 fully saturated rings. The van der Waals surface area contributed by atoms with Crippen LogP contribution in [0.4, 0.5) is 10.7 Å². The minimum atomic E-state index is -4.10. The lowest BCUT2D eigenvalue weighted by atomic mass is 9.95. The molecule has 7 nitrogen and oxygen atoms in total. The first kappa shape index (κ1) is 27.2. The van der Waals surface area contributed by atoms with Gasteiger partial charge in [-0.1, -0.05) is 17.7 Å². The molecule has 37 heavy (non-hydrogen) atoms. The molecule has 2 aromatic carbocycles. The third-order valence-corrected chi connectivity index (χ3v) is 9.62. The molecular weight excluding hydrogens is 532 g/mol. The van der Waals surface area contributed by atoms with Crippen molar-refractivity contribution in [1.82, 2.24) is 0 Å². The van der Waals surface area contributed by atoms with Crippen molar-refractivity contribution in [2.24, 2.45) is 0 Å². The summed E-state index contributed by atoms with van der Waals surface area (Å²) in [6.07, 6.45) is 3.56. The van der Waals surface area contributed by atoms with Crippen LogP contribution in [0.3, 0.4) is 0 Å². The van der Waals surface area contributed by atoms with Crippen molar-refractivity contribution in [3.8, 4) is 0 Å². The monoisotopic (exact) mass is 560 g/mol. The van der Waals surface area contributed by atoms with Gasteiger partial charge in [0.05, 0.1) is 22.8 Å². The summed E-state index contributed by atoms with van der Waals surface area (Å²) >= 11 is 7.33. The maximum absolute atomic E-state index is 13.7. The topological polar surface area (TPSA) is 92.8 Å². The van der Waals surface area contributed by atoms with E-state index in [1.165, 1.54) is 35.6 Å². The SMILES string of the molecule is CCOC(=O)c1c(NC(=O)CN(c2ccc(C)c(C)c2)S(=O)(=O)c2ccc(Cl)cc2)sc2c1CCCC2. The van der Waals surface area contributed by atoms with E-state index in [0.717, 1.165) is 51.6 Å². The van der Waals surface area contributed by atoms with Crippen molar-refractivity contribution < 1.29 is 22.7 Å². The number of rotatable bonds is 8. The van der Waals surface area contributed by atoms with E-state index in [2.05, 4.69) is 5.32 Å². The van der Waals surface area contributed by atoms with E-state index in [0.29, 0.717) is 21.3 Å². The number of anilines is 2. The fourth-order valence-electron chi connectivity index (χ4n) is 4.30. The van der Waals surface area contributed by atoms with E-state index in [4.69, 9.17) is 16.3 Å². The van der Waals surface area contributed by atoms with Crippen LogP contribution in [0.2, 0.25) is 5.02 Å². The molecule has 1 amide bonds. The molecule has 0 bridgehead atoms. The molecule has 0 spiro atoms. The van der Waals surface area contributed by atoms with Gasteiger partial charge in [0.25, 0.3) is 10.0 Å². The van der Waals surface area contributed by atoms with Crippen LogP contribution in [0.5, 0.6) is 0 Å². The molecule has 1 aliphatic rings. The number of hydrogen-bond donors (Lipinski definition) is 1. The summed E-state index contributed by atoms with van der Waals surface area (Å²) in [5, 5.41) is 3.62. The number of nitrogens with one attached hydrogen (secondary N) is 1. The number of hydrogen-bond acceptors (Lipinski definition) is 6. The fraction of sp³-hybridized carbons (Fsp3) is 0.333. The molecule has 0 saturated carbocycles. The Kier molecular flexibility index (Phi) is 8.26. The molecule has 0 atom stereocenters. The summed E-state index contributed by atoms with van der Waals surface area (Å²) in [5.74, 6) is -1.03. The fourth-order valence-corrected chi connectivity index (χ4v) is 7.13. The predicted molar refractivity (Wildman–Crippen MR) is 147 cm³/mol. The molecule has 0 saturated heterocycles. The Morgan fingerprint density at radius 3 is 2.43 bits per heavy atom. The molecule has 1 aromatic heterocycles. The van der Waals surface area contributed by atoms with Gasteiger partial charge in [-0.2, -0.15) is 0 Å². The zero-order chi connectivity index (χ0) is 26.7. The lowest BCUT2D eigenvalue weighted by molar-refractivity contribution is -0.114. The van der Waals surface area contributed by atoms with E-state index in [9.17, 15) is 18.0 Å². The Morgan fingerprint density at radius 2 is 1.76 bits per heavy atom. The van der Waals surface area contributed by atoms with Crippen molar-refractivity contribution in [3.05, 3.63) is 74.6 Å². The minimum absolute atomic E-state index is 0.0155. The largest absolute Gasteiger partial charge is 0.462 e. The second-order valence-electron chi connectivity index (χ2n) is 8.92. The number of esters is 1. The van der Waals surface area contributed by atoms with Crippen LogP contribution in [0.1, 0.15) is 51.7 Å². The Morgan fingerprint density at radius 1 is 1.05 bits per heavy atom. The Bertz CT molecular complexity index is 1430. The van der Waals surface area contributed by atoms with Gasteiger partial charge < -0.3 is 10.1 Å². The van der Waals surface area contributed by atoms with Crippen LogP contribution >= 0.6 is 22.9 Å². The van der Waals surface area contributed by atoms with Gasteiger partial charge >= 0.3 is 5.97 Å². The Labute approximate surface area is 226 Å². The van der Waals surface area contributed by atoms with Crippen molar-refractivity contribution in [2.45, 2.75) is 51.3 Å². The average molecular weight is 561 g/mol. The predicted octanol–water partition coefficient (Wildman–Crippen LogP) is 5.91. The Balaban J connectivity index is 1.69. The van der Waals surface area contributed by atoms with Crippen LogP contribution < -0.4 is 9.62 Å². The third kappa shape index (κ3) is 5.84. The number of nitrogens with zero attached hydrogens (tertiary/aromatic N) is 1. The number of carbonyl (C=O) groups excluding carboxylic acids is 2. The number of sulfonamides is 1. The molecule has 4 rings (SSSR count). The first-order chi connectivity index (χ1) is 17.6. The van der Waals surface area contributed by atoms with Crippen molar-refractivity contribution in [1.29, 1.82) is 0 Å². The van der Waals surface area contributed by atoms with Crippen LogP contribution in [0, 0.1) is 13.8 Å². The molecule has 0 aliphatic heterocycles. The first-order valence-corrected chi connectivity index (χ1v) is 14.7. The normalized spacial score (nSPS) is 13.1. The highest BCUT2D eigenvalue weighted by Gasteiger charge is 2.30. The average Bonchev–Trinajstić information content (AvgIpc) is 3.22. The van der Waals surface area contributed by atoms with Crippen molar-refractivity contribution in [3.63, 3.8) is 0 Å². The summed E-state index contributed by atoms with van der Waals surface area (Å²) in [7, 11) is -4.10. The number of halogens is 1. The molecule has 1 aliphatic carbocycles. The molecule has 3 aromatic rings. The molecule has 196 valence electrons. The number of thiophene rings is 1. The number of aryl methyl sites for hydroxylation is 3. The van der Waals surface area contributed by atoms with Gasteiger partial charge in [-0.25, -0.2) is 13.2 Å². The Hall–Kier alpha value is -2.88. The van der Waals surface area contributed by atoms with Gasteiger partial charge in [0, 0.05) is 9.90 Å². The molecular formula is C27H29ClN2O5S2. The second kappa shape index (κ2) is 11.2. The molecule has 1 N–H and O–H groups in total. The van der Waals surface area contributed by atoms with Gasteiger partial charge in [-0.15, -0.1) is 11.3 Å². The van der Waals surface area contributed by atoms with E-state index in [1.54, 1.807) is 19.1 Å². The van der Waals surface area contributed by atoms with Gasteiger partial charge in [0.15, 0.2) is 0 Å². The molecule has 10 heteroatoms. The van der Waals surface area contributed by atoms with E-state index >= 15 is 0 Å². The number of benzene rings is 2. The minimum Gasteiger partial charge on any atom is -0.462 e. The van der Waals surface area contributed by atoms with Crippen LogP contribution in [-0.4, -0.2) is 33.4 Å². The maximum atomic E-state index is 13.7. The summed E-state index contributed by atoms with van der Waals surface area (Å²) in [5.41, 5.74) is 3.56. The smallest absolute Gasteiger partial charge is 0.341 e. The third-order valence-electron chi connectivity index (χ3n) is 6.37. The summed E-state index contributed by atoms with van der Waals surface area (Å²) in [6, 6.07) is 11.1. The zero-order valence-electron chi connectivity index (χ0n) is 21.0. The lowest BCUT2D eigenvalue weighted by Gasteiger charge is -2.25. The van der Waals surface area contributed by atoms with Gasteiger partial charge in [0.2, 0.25) is 5.91 Å². The van der Waals surface area contributed by atoms with Crippen LogP contribution in [0.15, 0.2) is 47.4 Å². The zero-order valence-corrected chi connectivity index (χ0v) is 23.4. The van der Waals surface area contributed by atoms with E-state index < -0.39 is 28.4 Å².